The highest BCUT2D eigenvalue weighted by molar-refractivity contribution is 6.04. The van der Waals surface area contributed by atoms with Crippen molar-refractivity contribution < 1.29 is 19.5 Å². The van der Waals surface area contributed by atoms with Crippen LogP contribution in [0.3, 0.4) is 0 Å². The van der Waals surface area contributed by atoms with Crippen LogP contribution in [-0.2, 0) is 9.59 Å². The summed E-state index contributed by atoms with van der Waals surface area (Å²) in [6, 6.07) is 7.23. The van der Waals surface area contributed by atoms with Gasteiger partial charge in [-0.1, -0.05) is 19.1 Å². The van der Waals surface area contributed by atoms with E-state index in [1.807, 2.05) is 11.8 Å². The van der Waals surface area contributed by atoms with Gasteiger partial charge in [0.05, 0.1) is 18.8 Å². The Morgan fingerprint density at radius 2 is 1.85 bits per heavy atom. The molecule has 0 atom stereocenters. The lowest BCUT2D eigenvalue weighted by molar-refractivity contribution is -0.139. The van der Waals surface area contributed by atoms with Gasteiger partial charge in [0.2, 0.25) is 5.91 Å². The van der Waals surface area contributed by atoms with Crippen molar-refractivity contribution in [1.82, 2.24) is 9.80 Å². The fraction of sp³-hybridized carbons (Fsp3) is 0.526. The molecule has 0 spiro atoms. The number of para-hydroxylation sites is 1. The fourth-order valence-corrected chi connectivity index (χ4v) is 3.41. The predicted octanol–water partition coefficient (Wildman–Crippen LogP) is 2.12. The zero-order valence-electron chi connectivity index (χ0n) is 15.8. The van der Waals surface area contributed by atoms with Crippen LogP contribution in [0.15, 0.2) is 24.3 Å². The topological polar surface area (TPSA) is 90.0 Å². The van der Waals surface area contributed by atoms with Gasteiger partial charge in [-0.2, -0.15) is 0 Å². The number of aliphatic carboxylic acids is 1. The van der Waals surface area contributed by atoms with Crippen LogP contribution in [0.1, 0.15) is 37.0 Å². The molecule has 0 bridgehead atoms. The van der Waals surface area contributed by atoms with E-state index in [4.69, 9.17) is 5.11 Å². The fourth-order valence-electron chi connectivity index (χ4n) is 3.41. The van der Waals surface area contributed by atoms with E-state index in [-0.39, 0.29) is 43.2 Å². The Hall–Kier alpha value is -1.96. The maximum Gasteiger partial charge on any atom is 0.317 e. The third-order valence-corrected chi connectivity index (χ3v) is 4.77. The zero-order valence-corrected chi connectivity index (χ0v) is 16.6. The summed E-state index contributed by atoms with van der Waals surface area (Å²) in [6.45, 7) is 5.99. The summed E-state index contributed by atoms with van der Waals surface area (Å²) in [5.41, 5.74) is 1.05. The lowest BCUT2D eigenvalue weighted by Gasteiger charge is -2.37. The molecular formula is C19H28ClN3O4. The lowest BCUT2D eigenvalue weighted by atomic mass is 10.0. The molecule has 1 aliphatic rings. The second kappa shape index (κ2) is 11.0. The van der Waals surface area contributed by atoms with E-state index >= 15 is 0 Å². The molecule has 1 amide bonds. The molecule has 1 aliphatic heterocycles. The Morgan fingerprint density at radius 3 is 2.41 bits per heavy atom. The van der Waals surface area contributed by atoms with Crippen LogP contribution in [0.5, 0.6) is 0 Å². The Balaban J connectivity index is 0.00000364. The van der Waals surface area contributed by atoms with Crippen LogP contribution in [0.2, 0.25) is 0 Å². The van der Waals surface area contributed by atoms with Crippen molar-refractivity contribution in [3.8, 4) is 0 Å². The Bertz CT molecular complexity index is 660. The number of nitrogens with one attached hydrogen (secondary N) is 1. The normalized spacial score (nSPS) is 15.2. The van der Waals surface area contributed by atoms with Crippen LogP contribution in [-0.4, -0.2) is 71.3 Å². The molecule has 7 nitrogen and oxygen atoms in total. The first kappa shape index (κ1) is 23.1. The molecule has 0 saturated carbocycles. The minimum absolute atomic E-state index is 0. The third-order valence-electron chi connectivity index (χ3n) is 4.77. The number of ketones is 1. The number of carboxylic acids is 1. The van der Waals surface area contributed by atoms with Gasteiger partial charge in [0, 0.05) is 24.7 Å². The maximum absolute atomic E-state index is 12.3. The monoisotopic (exact) mass is 397 g/mol. The highest BCUT2D eigenvalue weighted by Gasteiger charge is 2.26. The number of benzene rings is 1. The maximum atomic E-state index is 12.3. The lowest BCUT2D eigenvalue weighted by Crippen LogP contribution is -2.48. The second-order valence-electron chi connectivity index (χ2n) is 6.61. The van der Waals surface area contributed by atoms with Crippen molar-refractivity contribution in [3.63, 3.8) is 0 Å². The Kier molecular flexibility index (Phi) is 9.41. The van der Waals surface area contributed by atoms with E-state index in [0.717, 1.165) is 25.9 Å². The molecule has 0 aromatic heterocycles. The average molecular weight is 398 g/mol. The standard InChI is InChI=1S/C19H27N3O4.ClH/c1-3-22(13-19(25)26)15-8-10-21(11-9-15)12-18(24)20-17-7-5-4-6-16(17)14(2)23;/h4-7,15H,3,8-13H2,1-2H3,(H,20,24)(H,25,26);1H. The zero-order chi connectivity index (χ0) is 19.1. The number of carbonyl (C=O) groups excluding carboxylic acids is 2. The van der Waals surface area contributed by atoms with Crippen molar-refractivity contribution in [1.29, 1.82) is 0 Å². The van der Waals surface area contributed by atoms with Gasteiger partial charge in [0.15, 0.2) is 5.78 Å². The first-order valence-electron chi connectivity index (χ1n) is 8.98. The highest BCUT2D eigenvalue weighted by atomic mass is 35.5. The van der Waals surface area contributed by atoms with Crippen molar-refractivity contribution in [3.05, 3.63) is 29.8 Å². The van der Waals surface area contributed by atoms with Gasteiger partial charge in [-0.3, -0.25) is 24.2 Å². The minimum Gasteiger partial charge on any atom is -0.480 e. The van der Waals surface area contributed by atoms with Gasteiger partial charge in [-0.25, -0.2) is 0 Å². The average Bonchev–Trinajstić information content (AvgIpc) is 2.60. The molecule has 1 aromatic rings. The number of rotatable bonds is 8. The number of hydrogen-bond acceptors (Lipinski definition) is 5. The van der Waals surface area contributed by atoms with Crippen LogP contribution in [0, 0.1) is 0 Å². The van der Waals surface area contributed by atoms with E-state index in [1.165, 1.54) is 6.92 Å². The number of hydrogen-bond donors (Lipinski definition) is 2. The molecule has 0 radical (unpaired) electrons. The second-order valence-corrected chi connectivity index (χ2v) is 6.61. The molecule has 27 heavy (non-hydrogen) atoms. The van der Waals surface area contributed by atoms with Gasteiger partial charge in [-0.05, 0) is 38.4 Å². The first-order valence-corrected chi connectivity index (χ1v) is 8.98. The van der Waals surface area contributed by atoms with Gasteiger partial charge in [0.25, 0.3) is 0 Å². The van der Waals surface area contributed by atoms with Crippen molar-refractivity contribution in [2.24, 2.45) is 0 Å². The summed E-state index contributed by atoms with van der Waals surface area (Å²) in [6.07, 6.45) is 1.69. The van der Waals surface area contributed by atoms with Gasteiger partial charge in [0.1, 0.15) is 0 Å². The summed E-state index contributed by atoms with van der Waals surface area (Å²) in [7, 11) is 0. The number of amides is 1. The molecule has 8 heteroatoms. The number of carbonyl (C=O) groups is 3. The Labute approximate surface area is 166 Å². The summed E-state index contributed by atoms with van der Waals surface area (Å²) >= 11 is 0. The summed E-state index contributed by atoms with van der Waals surface area (Å²) in [4.78, 5) is 38.9. The molecular weight excluding hydrogens is 370 g/mol. The largest absolute Gasteiger partial charge is 0.480 e. The highest BCUT2D eigenvalue weighted by Crippen LogP contribution is 2.18. The molecule has 2 rings (SSSR count). The predicted molar refractivity (Wildman–Crippen MR) is 107 cm³/mol. The minimum atomic E-state index is -0.808. The van der Waals surface area contributed by atoms with Gasteiger partial charge >= 0.3 is 5.97 Å². The molecule has 1 saturated heterocycles. The first-order chi connectivity index (χ1) is 12.4. The number of carboxylic acid groups (broad SMARTS) is 1. The summed E-state index contributed by atoms with van der Waals surface area (Å²) in [5.74, 6) is -1.03. The molecule has 1 fully saturated rings. The van der Waals surface area contributed by atoms with Crippen molar-refractivity contribution >= 4 is 35.8 Å². The summed E-state index contributed by atoms with van der Waals surface area (Å²) in [5, 5.41) is 11.8. The van der Waals surface area contributed by atoms with Crippen molar-refractivity contribution in [2.45, 2.75) is 32.7 Å². The Morgan fingerprint density at radius 1 is 1.22 bits per heavy atom. The molecule has 0 unspecified atom stereocenters. The van der Waals surface area contributed by atoms with E-state index < -0.39 is 5.97 Å². The third kappa shape index (κ3) is 6.93. The number of likely N-dealkylation sites (tertiary alicyclic amines) is 1. The van der Waals surface area contributed by atoms with Crippen LogP contribution >= 0.6 is 12.4 Å². The number of piperidine rings is 1. The number of halogens is 1. The molecule has 2 N–H and O–H groups in total. The smallest absolute Gasteiger partial charge is 0.317 e. The van der Waals surface area contributed by atoms with Crippen LogP contribution < -0.4 is 5.32 Å². The van der Waals surface area contributed by atoms with Gasteiger partial charge < -0.3 is 10.4 Å². The summed E-state index contributed by atoms with van der Waals surface area (Å²) < 4.78 is 0. The van der Waals surface area contributed by atoms with E-state index in [2.05, 4.69) is 10.2 Å². The molecule has 1 aromatic carbocycles. The van der Waals surface area contributed by atoms with Crippen LogP contribution in [0.25, 0.3) is 0 Å². The number of anilines is 1. The van der Waals surface area contributed by atoms with Crippen molar-refractivity contribution in [2.75, 3.05) is 38.0 Å². The number of Topliss-reactive ketones (excluding diaryl/α,β-unsaturated/α-hetero) is 1. The van der Waals surface area contributed by atoms with Gasteiger partial charge in [-0.15, -0.1) is 12.4 Å². The number of nitrogens with zero attached hydrogens (tertiary/aromatic N) is 2. The molecule has 150 valence electrons. The van der Waals surface area contributed by atoms with E-state index in [0.29, 0.717) is 17.8 Å². The van der Waals surface area contributed by atoms with E-state index in [1.54, 1.807) is 24.3 Å². The number of likely N-dealkylation sites (N-methyl/N-ethyl adjacent to an activating group) is 1. The molecule has 1 heterocycles. The molecule has 0 aliphatic carbocycles. The quantitative estimate of drug-likeness (QED) is 0.653. The van der Waals surface area contributed by atoms with Crippen LogP contribution in [0.4, 0.5) is 5.69 Å². The SMILES string of the molecule is CCN(CC(=O)O)C1CCN(CC(=O)Nc2ccccc2C(C)=O)CC1.Cl. The van der Waals surface area contributed by atoms with E-state index in [9.17, 15) is 14.4 Å².